The number of hydrogen-bond acceptors (Lipinski definition) is 3. The van der Waals surface area contributed by atoms with Crippen LogP contribution in [0.3, 0.4) is 0 Å². The Labute approximate surface area is 88.9 Å². The summed E-state index contributed by atoms with van der Waals surface area (Å²) in [5.74, 6) is -0.341. The fourth-order valence-electron chi connectivity index (χ4n) is 2.43. The lowest BCUT2D eigenvalue weighted by molar-refractivity contribution is -0.150. The first-order valence-corrected chi connectivity index (χ1v) is 5.30. The smallest absolute Gasteiger partial charge is 0.328 e. The van der Waals surface area contributed by atoms with Gasteiger partial charge in [0.15, 0.2) is 0 Å². The van der Waals surface area contributed by atoms with Crippen LogP contribution in [0, 0.1) is 0 Å². The first kappa shape index (κ1) is 10.2. The van der Waals surface area contributed by atoms with Gasteiger partial charge in [0, 0.05) is 6.04 Å². The van der Waals surface area contributed by atoms with Crippen LogP contribution >= 0.6 is 0 Å². The van der Waals surface area contributed by atoms with Gasteiger partial charge in [0.2, 0.25) is 5.91 Å². The highest BCUT2D eigenvalue weighted by atomic mass is 16.5. The summed E-state index contributed by atoms with van der Waals surface area (Å²) in [5, 5.41) is 0. The third kappa shape index (κ3) is 1.76. The van der Waals surface area contributed by atoms with Gasteiger partial charge in [-0.25, -0.2) is 4.79 Å². The lowest BCUT2D eigenvalue weighted by atomic mass is 10.1. The number of fused-ring (bicyclic) bond motifs is 1. The third-order valence-electron chi connectivity index (χ3n) is 3.16. The maximum Gasteiger partial charge on any atom is 0.328 e. The van der Waals surface area contributed by atoms with Crippen LogP contribution < -0.4 is 0 Å². The molecule has 0 N–H and O–H groups in total. The Kier molecular flexibility index (Phi) is 2.75. The second-order valence-corrected chi connectivity index (χ2v) is 4.00. The summed E-state index contributed by atoms with van der Waals surface area (Å²) in [5.41, 5.74) is 0. The predicted octanol–water partition coefficient (Wildman–Crippen LogP) is 0.869. The van der Waals surface area contributed by atoms with Crippen LogP contribution in [-0.2, 0) is 14.3 Å². The van der Waals surface area contributed by atoms with E-state index in [4.69, 9.17) is 4.74 Å². The number of methoxy groups -OCH3 is 1. The summed E-state index contributed by atoms with van der Waals surface area (Å²) in [4.78, 5) is 24.9. The van der Waals surface area contributed by atoms with E-state index in [1.54, 1.807) is 11.0 Å². The molecule has 0 aromatic carbocycles. The molecule has 0 bridgehead atoms. The molecule has 4 nitrogen and oxygen atoms in total. The van der Waals surface area contributed by atoms with Crippen molar-refractivity contribution in [2.75, 3.05) is 7.11 Å². The van der Waals surface area contributed by atoms with E-state index in [1.165, 1.54) is 7.11 Å². The third-order valence-corrected chi connectivity index (χ3v) is 3.16. The normalized spacial score (nSPS) is 29.9. The summed E-state index contributed by atoms with van der Waals surface area (Å²) in [6.07, 6.45) is 6.97. The molecule has 2 rings (SSSR count). The molecule has 0 aromatic heterocycles. The summed E-state index contributed by atoms with van der Waals surface area (Å²) in [7, 11) is 1.37. The van der Waals surface area contributed by atoms with Gasteiger partial charge in [-0.3, -0.25) is 4.79 Å². The number of nitrogens with zero attached hydrogens (tertiary/aromatic N) is 1. The number of carbonyl (C=O) groups excluding carboxylic acids is 2. The number of esters is 1. The summed E-state index contributed by atoms with van der Waals surface area (Å²) < 4.78 is 4.72. The molecular weight excluding hydrogens is 194 g/mol. The first-order chi connectivity index (χ1) is 7.24. The Hall–Kier alpha value is -1.32. The van der Waals surface area contributed by atoms with Crippen molar-refractivity contribution in [2.24, 2.45) is 0 Å². The molecule has 15 heavy (non-hydrogen) atoms. The molecule has 1 saturated heterocycles. The van der Waals surface area contributed by atoms with Crippen molar-refractivity contribution in [2.45, 2.75) is 37.8 Å². The summed E-state index contributed by atoms with van der Waals surface area (Å²) in [6, 6.07) is -0.146. The molecule has 1 amide bonds. The van der Waals surface area contributed by atoms with Crippen LogP contribution in [0.15, 0.2) is 12.2 Å². The van der Waals surface area contributed by atoms with Gasteiger partial charge in [0.1, 0.15) is 6.04 Å². The number of ether oxygens (including phenoxy) is 1. The highest BCUT2D eigenvalue weighted by Crippen LogP contribution is 2.30. The number of amides is 1. The minimum Gasteiger partial charge on any atom is -0.467 e. The molecule has 0 saturated carbocycles. The molecule has 0 aliphatic carbocycles. The number of rotatable bonds is 1. The molecular formula is C11H15NO3. The molecule has 0 spiro atoms. The molecule has 2 aliphatic heterocycles. The van der Waals surface area contributed by atoms with E-state index in [2.05, 4.69) is 0 Å². The van der Waals surface area contributed by atoms with Gasteiger partial charge in [-0.15, -0.1) is 0 Å². The predicted molar refractivity (Wildman–Crippen MR) is 54.0 cm³/mol. The van der Waals surface area contributed by atoms with E-state index < -0.39 is 0 Å². The van der Waals surface area contributed by atoms with Crippen molar-refractivity contribution in [3.05, 3.63) is 12.2 Å². The van der Waals surface area contributed by atoms with Gasteiger partial charge in [0.25, 0.3) is 0 Å². The number of hydrogen-bond donors (Lipinski definition) is 0. The van der Waals surface area contributed by atoms with Crippen LogP contribution in [0.4, 0.5) is 0 Å². The molecule has 2 aliphatic rings. The van der Waals surface area contributed by atoms with Gasteiger partial charge in [0.05, 0.1) is 7.11 Å². The van der Waals surface area contributed by atoms with Crippen LogP contribution in [-0.4, -0.2) is 36.0 Å². The minimum atomic E-state index is -0.366. The van der Waals surface area contributed by atoms with Gasteiger partial charge in [-0.1, -0.05) is 6.08 Å². The lowest BCUT2D eigenvalue weighted by Crippen LogP contribution is -2.44. The van der Waals surface area contributed by atoms with Gasteiger partial charge < -0.3 is 9.64 Å². The van der Waals surface area contributed by atoms with Crippen molar-refractivity contribution >= 4 is 11.9 Å². The largest absolute Gasteiger partial charge is 0.467 e. The highest BCUT2D eigenvalue weighted by molar-refractivity contribution is 5.92. The molecule has 2 atom stereocenters. The Morgan fingerprint density at radius 1 is 1.47 bits per heavy atom. The van der Waals surface area contributed by atoms with Crippen LogP contribution in [0.5, 0.6) is 0 Å². The second-order valence-electron chi connectivity index (χ2n) is 4.00. The molecule has 2 heterocycles. The first-order valence-electron chi connectivity index (χ1n) is 5.30. The van der Waals surface area contributed by atoms with E-state index in [9.17, 15) is 9.59 Å². The summed E-state index contributed by atoms with van der Waals surface area (Å²) >= 11 is 0. The maximum atomic E-state index is 11.8. The Morgan fingerprint density at radius 3 is 3.00 bits per heavy atom. The van der Waals surface area contributed by atoms with Crippen molar-refractivity contribution in [3.63, 3.8) is 0 Å². The molecule has 0 radical (unpaired) electrons. The molecule has 0 aromatic rings. The highest BCUT2D eigenvalue weighted by Gasteiger charge is 2.40. The SMILES string of the molecule is COC(=O)[C@@H]1CCC2CCC=CC(=O)N21. The van der Waals surface area contributed by atoms with Crippen LogP contribution in [0.25, 0.3) is 0 Å². The zero-order valence-corrected chi connectivity index (χ0v) is 8.81. The quantitative estimate of drug-likeness (QED) is 0.602. The van der Waals surface area contributed by atoms with Crippen molar-refractivity contribution in [1.29, 1.82) is 0 Å². The Balaban J connectivity index is 2.20. The topological polar surface area (TPSA) is 46.6 Å². The standard InChI is InChI=1S/C11H15NO3/c1-15-11(14)9-7-6-8-4-2-3-5-10(13)12(8)9/h3,5,8-9H,2,4,6-7H2,1H3/t8?,9-/m0/s1. The van der Waals surface area contributed by atoms with E-state index >= 15 is 0 Å². The average molecular weight is 209 g/mol. The average Bonchev–Trinajstić information content (AvgIpc) is 2.58. The summed E-state index contributed by atoms with van der Waals surface area (Å²) in [6.45, 7) is 0. The van der Waals surface area contributed by atoms with Gasteiger partial charge in [-0.05, 0) is 31.8 Å². The molecule has 4 heteroatoms. The minimum absolute atomic E-state index is 0.0506. The van der Waals surface area contributed by atoms with E-state index in [0.29, 0.717) is 0 Å². The molecule has 1 fully saturated rings. The van der Waals surface area contributed by atoms with E-state index in [1.807, 2.05) is 6.08 Å². The van der Waals surface area contributed by atoms with Crippen molar-refractivity contribution < 1.29 is 14.3 Å². The fraction of sp³-hybridized carbons (Fsp3) is 0.636. The number of allylic oxidation sites excluding steroid dienone is 1. The molecule has 1 unspecified atom stereocenters. The van der Waals surface area contributed by atoms with E-state index in [0.717, 1.165) is 25.7 Å². The Morgan fingerprint density at radius 2 is 2.27 bits per heavy atom. The van der Waals surface area contributed by atoms with Gasteiger partial charge >= 0.3 is 5.97 Å². The second kappa shape index (κ2) is 4.04. The van der Waals surface area contributed by atoms with Crippen molar-refractivity contribution in [3.8, 4) is 0 Å². The zero-order valence-electron chi connectivity index (χ0n) is 8.81. The van der Waals surface area contributed by atoms with Crippen LogP contribution in [0.2, 0.25) is 0 Å². The van der Waals surface area contributed by atoms with Gasteiger partial charge in [-0.2, -0.15) is 0 Å². The fourth-order valence-corrected chi connectivity index (χ4v) is 2.43. The zero-order chi connectivity index (χ0) is 10.8. The molecule has 82 valence electrons. The van der Waals surface area contributed by atoms with Crippen molar-refractivity contribution in [1.82, 2.24) is 4.90 Å². The van der Waals surface area contributed by atoms with E-state index in [-0.39, 0.29) is 24.0 Å². The number of carbonyl (C=O) groups is 2. The lowest BCUT2D eigenvalue weighted by Gasteiger charge is -2.26. The van der Waals surface area contributed by atoms with Crippen LogP contribution in [0.1, 0.15) is 25.7 Å². The monoisotopic (exact) mass is 209 g/mol. The Bertz CT molecular complexity index is 311. The maximum absolute atomic E-state index is 11.8.